The molecule has 1 unspecified atom stereocenters. The molecule has 1 atom stereocenters. The van der Waals surface area contributed by atoms with Crippen molar-refractivity contribution in [2.75, 3.05) is 6.54 Å². The Morgan fingerprint density at radius 3 is 3.17 bits per heavy atom. The van der Waals surface area contributed by atoms with Crippen molar-refractivity contribution in [2.24, 2.45) is 0 Å². The van der Waals surface area contributed by atoms with Crippen LogP contribution in [0.5, 0.6) is 0 Å². The molecule has 0 aliphatic carbocycles. The monoisotopic (exact) mass is 229 g/mol. The highest BCUT2D eigenvalue weighted by Crippen LogP contribution is 2.17. The fourth-order valence-corrected chi connectivity index (χ4v) is 1.97. The average Bonchev–Trinajstić information content (AvgIpc) is 2.65. The van der Waals surface area contributed by atoms with Gasteiger partial charge in [0.05, 0.1) is 16.4 Å². The maximum atomic E-state index is 3.96. The summed E-state index contributed by atoms with van der Waals surface area (Å²) >= 11 is 3.45. The van der Waals surface area contributed by atoms with Crippen LogP contribution in [0, 0.1) is 0 Å². The van der Waals surface area contributed by atoms with Crippen molar-refractivity contribution in [3.63, 3.8) is 0 Å². The first-order valence-corrected chi connectivity index (χ1v) is 5.06. The van der Waals surface area contributed by atoms with E-state index in [1.165, 1.54) is 18.5 Å². The first kappa shape index (κ1) is 8.26. The minimum Gasteiger partial charge on any atom is -0.314 e. The molecule has 0 aromatic carbocycles. The Balaban J connectivity index is 1.98. The zero-order valence-electron chi connectivity index (χ0n) is 6.81. The molecule has 2 heterocycles. The second-order valence-electron chi connectivity index (χ2n) is 3.19. The Morgan fingerprint density at radius 1 is 1.67 bits per heavy atom. The lowest BCUT2D eigenvalue weighted by Crippen LogP contribution is -2.23. The predicted molar refractivity (Wildman–Crippen MR) is 51.0 cm³/mol. The summed E-state index contributed by atoms with van der Waals surface area (Å²) in [5, 5.41) is 10.4. The van der Waals surface area contributed by atoms with Crippen LogP contribution in [0.1, 0.15) is 18.5 Å². The number of hydrogen-bond acceptors (Lipinski definition) is 2. The second kappa shape index (κ2) is 3.58. The van der Waals surface area contributed by atoms with E-state index >= 15 is 0 Å². The van der Waals surface area contributed by atoms with E-state index in [2.05, 4.69) is 31.4 Å². The van der Waals surface area contributed by atoms with Crippen molar-refractivity contribution >= 4 is 15.9 Å². The molecule has 1 aliphatic heterocycles. The first-order chi connectivity index (χ1) is 5.86. The van der Waals surface area contributed by atoms with E-state index < -0.39 is 0 Å². The van der Waals surface area contributed by atoms with Crippen LogP contribution in [-0.4, -0.2) is 22.8 Å². The molecule has 66 valence electrons. The summed E-state index contributed by atoms with van der Waals surface area (Å²) in [5.41, 5.74) is 1.20. The van der Waals surface area contributed by atoms with Crippen molar-refractivity contribution in [1.82, 2.24) is 15.5 Å². The number of aromatic amines is 1. The Hall–Kier alpha value is -0.350. The summed E-state index contributed by atoms with van der Waals surface area (Å²) < 4.78 is 1.09. The maximum Gasteiger partial charge on any atom is 0.0632 e. The van der Waals surface area contributed by atoms with E-state index in [0.29, 0.717) is 6.04 Å². The van der Waals surface area contributed by atoms with Gasteiger partial charge in [-0.05, 0) is 35.3 Å². The molecular weight excluding hydrogens is 218 g/mol. The predicted octanol–water partition coefficient (Wildman–Crippen LogP) is 1.47. The molecule has 4 heteroatoms. The lowest BCUT2D eigenvalue weighted by atomic mass is 10.1. The zero-order valence-corrected chi connectivity index (χ0v) is 8.39. The van der Waals surface area contributed by atoms with Gasteiger partial charge in [0.2, 0.25) is 0 Å². The lowest BCUT2D eigenvalue weighted by molar-refractivity contribution is 0.593. The summed E-state index contributed by atoms with van der Waals surface area (Å²) in [7, 11) is 0. The minimum atomic E-state index is 0.641. The highest BCUT2D eigenvalue weighted by Gasteiger charge is 2.16. The number of H-pyrrole nitrogens is 1. The summed E-state index contributed by atoms with van der Waals surface area (Å²) in [4.78, 5) is 0. The van der Waals surface area contributed by atoms with Crippen molar-refractivity contribution < 1.29 is 0 Å². The third-order valence-electron chi connectivity index (χ3n) is 2.28. The summed E-state index contributed by atoms with van der Waals surface area (Å²) in [6.07, 6.45) is 5.45. The van der Waals surface area contributed by atoms with Crippen molar-refractivity contribution in [1.29, 1.82) is 0 Å². The molecule has 2 N–H and O–H groups in total. The summed E-state index contributed by atoms with van der Waals surface area (Å²) in [6, 6.07) is 0.641. The van der Waals surface area contributed by atoms with E-state index in [4.69, 9.17) is 0 Å². The molecule has 1 fully saturated rings. The van der Waals surface area contributed by atoms with E-state index in [1.807, 2.05) is 6.20 Å². The van der Waals surface area contributed by atoms with Crippen LogP contribution in [0.2, 0.25) is 0 Å². The highest BCUT2D eigenvalue weighted by atomic mass is 79.9. The Kier molecular flexibility index (Phi) is 2.46. The van der Waals surface area contributed by atoms with Gasteiger partial charge in [0, 0.05) is 12.5 Å². The van der Waals surface area contributed by atoms with E-state index in [-0.39, 0.29) is 0 Å². The molecule has 0 spiro atoms. The normalized spacial score (nSPS) is 23.2. The van der Waals surface area contributed by atoms with Crippen LogP contribution in [0.25, 0.3) is 0 Å². The number of rotatable bonds is 2. The Labute approximate surface area is 80.1 Å². The topological polar surface area (TPSA) is 40.7 Å². The molecule has 0 bridgehead atoms. The van der Waals surface area contributed by atoms with Crippen molar-refractivity contribution in [3.8, 4) is 0 Å². The zero-order chi connectivity index (χ0) is 8.39. The fourth-order valence-electron chi connectivity index (χ4n) is 1.62. The smallest absolute Gasteiger partial charge is 0.0632 e. The minimum absolute atomic E-state index is 0.641. The van der Waals surface area contributed by atoms with E-state index in [9.17, 15) is 0 Å². The van der Waals surface area contributed by atoms with Crippen LogP contribution in [0.15, 0.2) is 10.7 Å². The second-order valence-corrected chi connectivity index (χ2v) is 4.05. The van der Waals surface area contributed by atoms with E-state index in [0.717, 1.165) is 17.4 Å². The van der Waals surface area contributed by atoms with Crippen LogP contribution < -0.4 is 5.32 Å². The first-order valence-electron chi connectivity index (χ1n) is 4.27. The third-order valence-corrected chi connectivity index (χ3v) is 2.96. The van der Waals surface area contributed by atoms with Gasteiger partial charge in [0.25, 0.3) is 0 Å². The molecule has 1 aliphatic rings. The third kappa shape index (κ3) is 1.69. The molecule has 1 aromatic heterocycles. The Morgan fingerprint density at radius 2 is 2.58 bits per heavy atom. The SMILES string of the molecule is Brc1cn[nH]c1CC1CCCN1. The molecule has 12 heavy (non-hydrogen) atoms. The van der Waals surface area contributed by atoms with Crippen LogP contribution >= 0.6 is 15.9 Å². The molecule has 0 amide bonds. The Bertz CT molecular complexity index is 253. The molecule has 2 rings (SSSR count). The molecule has 1 saturated heterocycles. The van der Waals surface area contributed by atoms with Crippen molar-refractivity contribution in [2.45, 2.75) is 25.3 Å². The number of nitrogens with one attached hydrogen (secondary N) is 2. The van der Waals surface area contributed by atoms with Gasteiger partial charge in [-0.3, -0.25) is 5.10 Å². The number of aromatic nitrogens is 2. The number of hydrogen-bond donors (Lipinski definition) is 2. The van der Waals surface area contributed by atoms with Crippen LogP contribution in [-0.2, 0) is 6.42 Å². The highest BCUT2D eigenvalue weighted by molar-refractivity contribution is 9.10. The quantitative estimate of drug-likeness (QED) is 0.807. The fraction of sp³-hybridized carbons (Fsp3) is 0.625. The van der Waals surface area contributed by atoms with Gasteiger partial charge in [0.1, 0.15) is 0 Å². The van der Waals surface area contributed by atoms with Gasteiger partial charge >= 0.3 is 0 Å². The van der Waals surface area contributed by atoms with Gasteiger partial charge in [-0.1, -0.05) is 0 Å². The van der Waals surface area contributed by atoms with Crippen LogP contribution in [0.3, 0.4) is 0 Å². The molecule has 0 radical (unpaired) electrons. The van der Waals surface area contributed by atoms with Gasteiger partial charge in [0.15, 0.2) is 0 Å². The van der Waals surface area contributed by atoms with Gasteiger partial charge in [-0.2, -0.15) is 5.10 Å². The molecular formula is C8H12BrN3. The lowest BCUT2D eigenvalue weighted by Gasteiger charge is -2.07. The van der Waals surface area contributed by atoms with Gasteiger partial charge in [-0.25, -0.2) is 0 Å². The molecule has 0 saturated carbocycles. The van der Waals surface area contributed by atoms with Gasteiger partial charge < -0.3 is 5.32 Å². The average molecular weight is 230 g/mol. The molecule has 1 aromatic rings. The van der Waals surface area contributed by atoms with E-state index in [1.54, 1.807) is 0 Å². The summed E-state index contributed by atoms with van der Waals surface area (Å²) in [5.74, 6) is 0. The summed E-state index contributed by atoms with van der Waals surface area (Å²) in [6.45, 7) is 1.16. The standard InChI is InChI=1S/C8H12BrN3/c9-7-5-11-12-8(7)4-6-2-1-3-10-6/h5-6,10H,1-4H2,(H,11,12). The van der Waals surface area contributed by atoms with Gasteiger partial charge in [-0.15, -0.1) is 0 Å². The van der Waals surface area contributed by atoms with Crippen molar-refractivity contribution in [3.05, 3.63) is 16.4 Å². The maximum absolute atomic E-state index is 3.96. The molecule has 3 nitrogen and oxygen atoms in total. The largest absolute Gasteiger partial charge is 0.314 e. The van der Waals surface area contributed by atoms with Crippen LogP contribution in [0.4, 0.5) is 0 Å². The number of halogens is 1. The number of nitrogens with zero attached hydrogens (tertiary/aromatic N) is 1.